The lowest BCUT2D eigenvalue weighted by molar-refractivity contribution is 0.660. The maximum absolute atomic E-state index is 5.30. The van der Waals surface area contributed by atoms with Crippen molar-refractivity contribution in [2.75, 3.05) is 0 Å². The average Bonchev–Trinajstić information content (AvgIpc) is 3.75. The number of hydrogen-bond donors (Lipinski definition) is 0. The van der Waals surface area contributed by atoms with Gasteiger partial charge in [-0.15, -0.1) is 0 Å². The van der Waals surface area contributed by atoms with Gasteiger partial charge in [0, 0.05) is 38.6 Å². The third-order valence-corrected chi connectivity index (χ3v) is 12.2. The van der Waals surface area contributed by atoms with Crippen molar-refractivity contribution in [1.29, 1.82) is 0 Å². The van der Waals surface area contributed by atoms with Crippen LogP contribution in [0.25, 0.3) is 94.5 Å². The molecule has 0 spiro atoms. The molecule has 10 aromatic rings. The van der Waals surface area contributed by atoms with Crippen LogP contribution in [0.4, 0.5) is 0 Å². The topological polar surface area (TPSA) is 17.8 Å². The second-order valence-corrected chi connectivity index (χ2v) is 15.9. The van der Waals surface area contributed by atoms with Crippen molar-refractivity contribution in [1.82, 2.24) is 9.55 Å². The van der Waals surface area contributed by atoms with E-state index in [0.29, 0.717) is 0 Å². The number of fused-ring (bicyclic) bond motifs is 6. The van der Waals surface area contributed by atoms with Gasteiger partial charge in [-0.2, -0.15) is 0 Å². The van der Waals surface area contributed by atoms with Crippen LogP contribution in [0.5, 0.6) is 0 Å². The molecule has 0 bridgehead atoms. The van der Waals surface area contributed by atoms with E-state index in [1.807, 2.05) is 0 Å². The summed E-state index contributed by atoms with van der Waals surface area (Å²) < 4.78 is 2.46. The van der Waals surface area contributed by atoms with E-state index in [-0.39, 0.29) is 5.41 Å². The van der Waals surface area contributed by atoms with E-state index in [0.717, 1.165) is 33.8 Å². The number of rotatable bonds is 6. The van der Waals surface area contributed by atoms with Crippen LogP contribution < -0.4 is 0 Å². The van der Waals surface area contributed by atoms with E-state index in [2.05, 4.69) is 225 Å². The lowest BCUT2D eigenvalue weighted by Crippen LogP contribution is -2.14. The van der Waals surface area contributed by atoms with Gasteiger partial charge >= 0.3 is 0 Å². The minimum Gasteiger partial charge on any atom is -0.309 e. The molecule has 0 atom stereocenters. The molecule has 0 radical (unpaired) electrons. The summed E-state index contributed by atoms with van der Waals surface area (Å²) >= 11 is 0. The number of nitrogens with zero attached hydrogens (tertiary/aromatic N) is 2. The molecule has 11 rings (SSSR count). The predicted molar refractivity (Wildman–Crippen MR) is 243 cm³/mol. The first kappa shape index (κ1) is 34.0. The van der Waals surface area contributed by atoms with Crippen LogP contribution in [-0.2, 0) is 5.41 Å². The summed E-state index contributed by atoms with van der Waals surface area (Å²) in [5, 5.41) is 2.46. The van der Waals surface area contributed by atoms with E-state index in [4.69, 9.17) is 4.98 Å². The zero-order chi connectivity index (χ0) is 38.8. The Bertz CT molecular complexity index is 3130. The number of hydrogen-bond acceptors (Lipinski definition) is 1. The van der Waals surface area contributed by atoms with Crippen LogP contribution in [-0.4, -0.2) is 9.55 Å². The maximum Gasteiger partial charge on any atom is 0.0716 e. The van der Waals surface area contributed by atoms with Gasteiger partial charge in [-0.3, -0.25) is 0 Å². The molecule has 1 aliphatic carbocycles. The largest absolute Gasteiger partial charge is 0.309 e. The van der Waals surface area contributed by atoms with Crippen LogP contribution in [0.3, 0.4) is 0 Å². The molecule has 274 valence electrons. The van der Waals surface area contributed by atoms with Crippen LogP contribution in [0.1, 0.15) is 25.0 Å². The van der Waals surface area contributed by atoms with Gasteiger partial charge in [0.1, 0.15) is 0 Å². The first-order valence-corrected chi connectivity index (χ1v) is 20.1. The molecule has 58 heavy (non-hydrogen) atoms. The van der Waals surface area contributed by atoms with Crippen LogP contribution in [0.2, 0.25) is 0 Å². The lowest BCUT2D eigenvalue weighted by atomic mass is 9.81. The van der Waals surface area contributed by atoms with Crippen molar-refractivity contribution in [3.8, 4) is 72.7 Å². The van der Waals surface area contributed by atoms with Crippen LogP contribution in [0.15, 0.2) is 206 Å². The average molecular weight is 741 g/mol. The molecule has 1 aliphatic rings. The summed E-state index contributed by atoms with van der Waals surface area (Å²) in [4.78, 5) is 5.30. The Morgan fingerprint density at radius 3 is 1.76 bits per heavy atom. The normalized spacial score (nSPS) is 12.8. The van der Waals surface area contributed by atoms with E-state index < -0.39 is 0 Å². The molecule has 0 saturated heterocycles. The number of aromatic nitrogens is 2. The Labute approximate surface area is 339 Å². The summed E-state index contributed by atoms with van der Waals surface area (Å²) in [5.74, 6) is 0. The predicted octanol–water partition coefficient (Wildman–Crippen LogP) is 14.8. The molecule has 0 unspecified atom stereocenters. The summed E-state index contributed by atoms with van der Waals surface area (Å²) in [6.07, 6.45) is 0. The van der Waals surface area contributed by atoms with E-state index in [1.54, 1.807) is 0 Å². The Morgan fingerprint density at radius 2 is 0.948 bits per heavy atom. The summed E-state index contributed by atoms with van der Waals surface area (Å²) in [6, 6.07) is 74.9. The minimum atomic E-state index is -0.0777. The fourth-order valence-corrected chi connectivity index (χ4v) is 9.38. The molecule has 8 aromatic carbocycles. The fourth-order valence-electron chi connectivity index (χ4n) is 9.38. The summed E-state index contributed by atoms with van der Waals surface area (Å²) in [5.41, 5.74) is 20.1. The van der Waals surface area contributed by atoms with Crippen molar-refractivity contribution in [2.24, 2.45) is 0 Å². The van der Waals surface area contributed by atoms with Gasteiger partial charge in [0.05, 0.1) is 22.4 Å². The van der Waals surface area contributed by atoms with E-state index in [9.17, 15) is 0 Å². The monoisotopic (exact) mass is 740 g/mol. The summed E-state index contributed by atoms with van der Waals surface area (Å²) in [6.45, 7) is 4.72. The van der Waals surface area contributed by atoms with Crippen molar-refractivity contribution in [3.63, 3.8) is 0 Å². The highest BCUT2D eigenvalue weighted by Crippen LogP contribution is 2.50. The Kier molecular flexibility index (Phi) is 7.87. The second kappa shape index (κ2) is 13.4. The molecular weight excluding hydrogens is 701 g/mol. The molecular formula is C56H40N2. The number of para-hydroxylation sites is 2. The SMILES string of the molecule is CC1(C)c2ccccc2-c2ccc(-c3ccccc3-c3cccc4c5ccccc5n(-c5cccc(-c6cc(-c7ccccc7)cc(-c7ccccc7)n6)c5)c34)cc21. The molecule has 0 fully saturated rings. The molecule has 2 nitrogen and oxygen atoms in total. The zero-order valence-corrected chi connectivity index (χ0v) is 32.5. The molecule has 0 amide bonds. The van der Waals surface area contributed by atoms with Crippen LogP contribution >= 0.6 is 0 Å². The highest BCUT2D eigenvalue weighted by atomic mass is 15.0. The standard InChI is InChI=1S/C56H40N2/c1-56(2)50-29-13-11-25-45(50)46-32-31-39(34-51(46)56)43-23-9-10-24-44(43)48-27-16-28-49-47-26-12-14-30-54(47)58(55(48)49)42-22-15-21-40(33-42)53-36-41(37-17-5-3-6-18-37)35-52(57-53)38-19-7-4-8-20-38/h3-36H,1-2H3. The minimum absolute atomic E-state index is 0.0777. The van der Waals surface area contributed by atoms with Crippen molar-refractivity contribution >= 4 is 21.8 Å². The molecule has 2 heterocycles. The molecule has 2 aromatic heterocycles. The second-order valence-electron chi connectivity index (χ2n) is 15.9. The van der Waals surface area contributed by atoms with Crippen molar-refractivity contribution in [3.05, 3.63) is 217 Å². The van der Waals surface area contributed by atoms with Crippen molar-refractivity contribution in [2.45, 2.75) is 19.3 Å². The molecule has 2 heteroatoms. The van der Waals surface area contributed by atoms with Crippen LogP contribution in [0, 0.1) is 0 Å². The zero-order valence-electron chi connectivity index (χ0n) is 32.5. The third kappa shape index (κ3) is 5.44. The van der Waals surface area contributed by atoms with Gasteiger partial charge < -0.3 is 4.57 Å². The maximum atomic E-state index is 5.30. The molecule has 0 aliphatic heterocycles. The Balaban J connectivity index is 1.10. The third-order valence-electron chi connectivity index (χ3n) is 12.2. The number of pyridine rings is 1. The van der Waals surface area contributed by atoms with Crippen molar-refractivity contribution < 1.29 is 0 Å². The first-order chi connectivity index (χ1) is 28.5. The van der Waals surface area contributed by atoms with E-state index >= 15 is 0 Å². The van der Waals surface area contributed by atoms with Gasteiger partial charge in [-0.1, -0.05) is 184 Å². The molecule has 0 saturated carbocycles. The van der Waals surface area contributed by atoms with E-state index in [1.165, 1.54) is 71.9 Å². The van der Waals surface area contributed by atoms with Gasteiger partial charge in [-0.25, -0.2) is 4.98 Å². The highest BCUT2D eigenvalue weighted by Gasteiger charge is 2.35. The quantitative estimate of drug-likeness (QED) is 0.166. The van der Waals surface area contributed by atoms with Gasteiger partial charge in [-0.05, 0) is 86.5 Å². The van der Waals surface area contributed by atoms with Gasteiger partial charge in [0.15, 0.2) is 0 Å². The van der Waals surface area contributed by atoms with Gasteiger partial charge in [0.25, 0.3) is 0 Å². The fraction of sp³-hybridized carbons (Fsp3) is 0.0536. The smallest absolute Gasteiger partial charge is 0.0716 e. The Morgan fingerprint density at radius 1 is 0.362 bits per heavy atom. The lowest BCUT2D eigenvalue weighted by Gasteiger charge is -2.22. The summed E-state index contributed by atoms with van der Waals surface area (Å²) in [7, 11) is 0. The highest BCUT2D eigenvalue weighted by molar-refractivity contribution is 6.14. The van der Waals surface area contributed by atoms with Gasteiger partial charge in [0.2, 0.25) is 0 Å². The first-order valence-electron chi connectivity index (χ1n) is 20.1. The molecule has 0 N–H and O–H groups in total. The number of benzene rings is 8. The Hall–Kier alpha value is -7.29.